The van der Waals surface area contributed by atoms with E-state index in [0.29, 0.717) is 5.57 Å². The molecule has 0 amide bonds. The van der Waals surface area contributed by atoms with E-state index in [-0.39, 0.29) is 17.8 Å². The minimum Gasteiger partial charge on any atom is -0.458 e. The van der Waals surface area contributed by atoms with Gasteiger partial charge in [0.15, 0.2) is 17.5 Å². The summed E-state index contributed by atoms with van der Waals surface area (Å²) in [5, 5.41) is 34.2. The lowest BCUT2D eigenvalue weighted by molar-refractivity contribution is -0.208. The lowest BCUT2D eigenvalue weighted by atomic mass is 9.59. The van der Waals surface area contributed by atoms with Gasteiger partial charge >= 0.3 is 11.9 Å². The first-order chi connectivity index (χ1) is 15.9. The van der Waals surface area contributed by atoms with E-state index in [1.807, 2.05) is 13.8 Å². The van der Waals surface area contributed by atoms with E-state index >= 15 is 0 Å². The fourth-order valence-electron chi connectivity index (χ4n) is 7.43. The van der Waals surface area contributed by atoms with Gasteiger partial charge in [-0.25, -0.2) is 0 Å². The summed E-state index contributed by atoms with van der Waals surface area (Å²) in [6.45, 7) is 13.2. The molecule has 3 N–H and O–H groups in total. The molecule has 0 saturated heterocycles. The largest absolute Gasteiger partial charge is 0.458 e. The molecule has 194 valence electrons. The van der Waals surface area contributed by atoms with Crippen molar-refractivity contribution < 1.29 is 39.2 Å². The molecule has 8 heteroatoms. The number of carbonyl (C=O) groups excluding carboxylic acids is 3. The summed E-state index contributed by atoms with van der Waals surface area (Å²) < 4.78 is 11.7. The van der Waals surface area contributed by atoms with E-state index in [4.69, 9.17) is 9.47 Å². The van der Waals surface area contributed by atoms with Crippen molar-refractivity contribution >= 4 is 17.7 Å². The molecular weight excluding hydrogens is 452 g/mol. The molecule has 8 nitrogen and oxygen atoms in total. The van der Waals surface area contributed by atoms with Crippen LogP contribution in [0.4, 0.5) is 0 Å². The van der Waals surface area contributed by atoms with Crippen LogP contribution in [0.25, 0.3) is 0 Å². The predicted molar refractivity (Wildman–Crippen MR) is 126 cm³/mol. The monoisotopic (exact) mass is 490 g/mol. The maximum atomic E-state index is 14.5. The van der Waals surface area contributed by atoms with Crippen LogP contribution < -0.4 is 0 Å². The Hall–Kier alpha value is -2.03. The number of fused-ring (bicyclic) bond motifs is 3. The number of aliphatic hydroxyl groups is 3. The zero-order chi connectivity index (χ0) is 26.5. The number of esters is 2. The quantitative estimate of drug-likeness (QED) is 0.405. The highest BCUT2D eigenvalue weighted by Gasteiger charge is 2.83. The van der Waals surface area contributed by atoms with E-state index < -0.39 is 76.0 Å². The highest BCUT2D eigenvalue weighted by atomic mass is 16.6. The third kappa shape index (κ3) is 3.05. The number of ketones is 1. The Bertz CT molecular complexity index is 1050. The Morgan fingerprint density at radius 3 is 2.34 bits per heavy atom. The Labute approximate surface area is 206 Å². The summed E-state index contributed by atoms with van der Waals surface area (Å²) in [5.41, 5.74) is -5.67. The number of hydrogen-bond donors (Lipinski definition) is 3. The van der Waals surface area contributed by atoms with Crippen molar-refractivity contribution in [3.05, 3.63) is 23.3 Å². The van der Waals surface area contributed by atoms with Crippen molar-refractivity contribution in [1.82, 2.24) is 0 Å². The van der Waals surface area contributed by atoms with E-state index in [2.05, 4.69) is 0 Å². The van der Waals surface area contributed by atoms with Gasteiger partial charge in [0, 0.05) is 24.2 Å². The van der Waals surface area contributed by atoms with Crippen LogP contribution in [0, 0.1) is 34.0 Å². The molecular formula is C27H38O8. The van der Waals surface area contributed by atoms with Crippen molar-refractivity contribution in [3.63, 3.8) is 0 Å². The highest BCUT2D eigenvalue weighted by molar-refractivity contribution is 5.96. The van der Waals surface area contributed by atoms with Crippen LogP contribution >= 0.6 is 0 Å². The standard InChI is InChI=1S/C27H38O8/c1-13-10-25-14(2)11-26(35-15(3)29)18(24(26,7)8)17(20(25)31)9-16(12-28)19(30)27(25,33)21(13)34-22(32)23(4,5)6/h9-10,14,17-19,21,28,30,33H,11-12H2,1-8H3/t14?,17-,18+,19+,21-,25?,26-,27-/m0/s1. The number of ether oxygens (including phenoxy) is 2. The van der Waals surface area contributed by atoms with Gasteiger partial charge in [-0.1, -0.05) is 32.9 Å². The molecule has 0 aromatic rings. The molecule has 0 radical (unpaired) electrons. The number of aliphatic hydroxyl groups excluding tert-OH is 2. The number of Topliss-reactive ketones (excluding diaryl/α,β-unsaturated/α-hetero) is 1. The molecule has 2 bridgehead atoms. The smallest absolute Gasteiger partial charge is 0.311 e. The maximum absolute atomic E-state index is 14.5. The normalized spacial score (nSPS) is 43.6. The van der Waals surface area contributed by atoms with E-state index in [0.717, 1.165) is 0 Å². The first kappa shape index (κ1) is 26.0. The van der Waals surface area contributed by atoms with E-state index in [9.17, 15) is 29.7 Å². The van der Waals surface area contributed by atoms with Gasteiger partial charge in [0.2, 0.25) is 0 Å². The van der Waals surface area contributed by atoms with Crippen LogP contribution in [0.1, 0.15) is 61.8 Å². The molecule has 2 saturated carbocycles. The zero-order valence-electron chi connectivity index (χ0n) is 21.8. The molecule has 0 heterocycles. The topological polar surface area (TPSA) is 130 Å². The van der Waals surface area contributed by atoms with Crippen LogP contribution in [-0.2, 0) is 23.9 Å². The molecule has 2 unspecified atom stereocenters. The minimum absolute atomic E-state index is 0.0844. The molecule has 1 spiro atoms. The second-order valence-corrected chi connectivity index (χ2v) is 12.6. The first-order valence-corrected chi connectivity index (χ1v) is 12.3. The van der Waals surface area contributed by atoms with Gasteiger partial charge in [-0.15, -0.1) is 0 Å². The fourth-order valence-corrected chi connectivity index (χ4v) is 7.43. The summed E-state index contributed by atoms with van der Waals surface area (Å²) >= 11 is 0. The molecule has 4 aliphatic carbocycles. The van der Waals surface area contributed by atoms with Crippen molar-refractivity contribution in [3.8, 4) is 0 Å². The van der Waals surface area contributed by atoms with Gasteiger partial charge in [0.1, 0.15) is 11.7 Å². The highest BCUT2D eigenvalue weighted by Crippen LogP contribution is 2.75. The van der Waals surface area contributed by atoms with Gasteiger partial charge in [-0.05, 0) is 51.2 Å². The molecule has 4 rings (SSSR count). The summed E-state index contributed by atoms with van der Waals surface area (Å²) in [7, 11) is 0. The molecule has 35 heavy (non-hydrogen) atoms. The molecule has 8 atom stereocenters. The van der Waals surface area contributed by atoms with Crippen molar-refractivity contribution in [2.75, 3.05) is 6.61 Å². The Morgan fingerprint density at radius 2 is 1.83 bits per heavy atom. The SMILES string of the molecule is CC(=O)O[C@@]12CC(C)C34C=C(C)[C@H](OC(=O)C(C)(C)C)[C@@]3(O)[C@H](O)C(CO)=C[C@H](C4=O)[C@@H]1C2(C)C. The van der Waals surface area contributed by atoms with Gasteiger partial charge in [0.05, 0.1) is 17.4 Å². The minimum atomic E-state index is -2.24. The maximum Gasteiger partial charge on any atom is 0.311 e. The van der Waals surface area contributed by atoms with Crippen molar-refractivity contribution in [1.29, 1.82) is 0 Å². The third-order valence-electron chi connectivity index (χ3n) is 9.18. The summed E-state index contributed by atoms with van der Waals surface area (Å²) in [5.74, 6) is -3.16. The average molecular weight is 491 g/mol. The predicted octanol–water partition coefficient (Wildman–Crippen LogP) is 2.10. The Kier molecular flexibility index (Phi) is 5.58. The third-order valence-corrected chi connectivity index (χ3v) is 9.18. The fraction of sp³-hybridized carbons (Fsp3) is 0.741. The zero-order valence-corrected chi connectivity index (χ0v) is 21.8. The van der Waals surface area contributed by atoms with Gasteiger partial charge < -0.3 is 24.8 Å². The molecule has 0 aliphatic heterocycles. The second kappa shape index (κ2) is 7.49. The van der Waals surface area contributed by atoms with Crippen LogP contribution in [-0.4, -0.2) is 63.1 Å². The lowest BCUT2D eigenvalue weighted by Gasteiger charge is -2.49. The van der Waals surface area contributed by atoms with E-state index in [1.54, 1.807) is 40.7 Å². The first-order valence-electron chi connectivity index (χ1n) is 12.3. The van der Waals surface area contributed by atoms with Crippen LogP contribution in [0.3, 0.4) is 0 Å². The van der Waals surface area contributed by atoms with Crippen LogP contribution in [0.2, 0.25) is 0 Å². The average Bonchev–Trinajstić information content (AvgIpc) is 3.12. The Morgan fingerprint density at radius 1 is 1.23 bits per heavy atom. The molecule has 0 aromatic heterocycles. The van der Waals surface area contributed by atoms with E-state index in [1.165, 1.54) is 13.0 Å². The molecule has 4 aliphatic rings. The van der Waals surface area contributed by atoms with Crippen molar-refractivity contribution in [2.45, 2.75) is 85.2 Å². The number of carbonyl (C=O) groups is 3. The molecule has 2 fully saturated rings. The number of rotatable bonds is 3. The number of hydrogen-bond acceptors (Lipinski definition) is 8. The van der Waals surface area contributed by atoms with Crippen LogP contribution in [0.5, 0.6) is 0 Å². The van der Waals surface area contributed by atoms with Gasteiger partial charge in [0.25, 0.3) is 0 Å². The summed E-state index contributed by atoms with van der Waals surface area (Å²) in [6, 6.07) is 0. The molecule has 0 aromatic carbocycles. The van der Waals surface area contributed by atoms with Gasteiger partial charge in [-0.2, -0.15) is 0 Å². The van der Waals surface area contributed by atoms with Crippen LogP contribution in [0.15, 0.2) is 23.3 Å². The van der Waals surface area contributed by atoms with Crippen molar-refractivity contribution in [2.24, 2.45) is 34.0 Å². The summed E-state index contributed by atoms with van der Waals surface area (Å²) in [4.78, 5) is 39.5. The lowest BCUT2D eigenvalue weighted by Crippen LogP contribution is -2.66. The van der Waals surface area contributed by atoms with Gasteiger partial charge in [-0.3, -0.25) is 14.4 Å². The Balaban J connectivity index is 1.95. The second-order valence-electron chi connectivity index (χ2n) is 12.6. The summed E-state index contributed by atoms with van der Waals surface area (Å²) in [6.07, 6.45) is 0.513. The number of allylic oxidation sites excluding steroid dienone is 1.